The minimum absolute atomic E-state index is 0.746. The number of hydrogen-bond donors (Lipinski definition) is 2. The zero-order valence-electron chi connectivity index (χ0n) is 21.7. The predicted octanol–water partition coefficient (Wildman–Crippen LogP) is 10.1. The van der Waals surface area contributed by atoms with Crippen molar-refractivity contribution in [2.45, 2.75) is 12.8 Å². The van der Waals surface area contributed by atoms with Gasteiger partial charge in [-0.25, -0.2) is 9.97 Å². The van der Waals surface area contributed by atoms with E-state index in [0.29, 0.717) is 0 Å². The second-order valence-corrected chi connectivity index (χ2v) is 16.2. The molecule has 2 aromatic heterocycles. The summed E-state index contributed by atoms with van der Waals surface area (Å²) in [4.78, 5) is 17.3. The molecule has 0 aliphatic rings. The van der Waals surface area contributed by atoms with Crippen LogP contribution < -0.4 is 0 Å². The minimum Gasteiger partial charge on any atom is -0.344 e. The van der Waals surface area contributed by atoms with Crippen molar-refractivity contribution in [2.75, 3.05) is 0 Å². The van der Waals surface area contributed by atoms with E-state index in [1.165, 1.54) is 43.1 Å². The summed E-state index contributed by atoms with van der Waals surface area (Å²) in [5, 5.41) is 9.81. The van der Waals surface area contributed by atoms with Gasteiger partial charge in [0.05, 0.1) is 33.7 Å². The van der Waals surface area contributed by atoms with Crippen LogP contribution in [-0.4, -0.2) is 19.9 Å². The van der Waals surface area contributed by atoms with Crippen LogP contribution in [0.15, 0.2) is 97.1 Å². The van der Waals surface area contributed by atoms with Crippen LogP contribution in [0.25, 0.3) is 65.2 Å². The molecule has 0 aliphatic carbocycles. The third kappa shape index (κ3) is 4.93. The van der Waals surface area contributed by atoms with Crippen molar-refractivity contribution in [3.05, 3.63) is 115 Å². The fraction of sp³-hybridized carbons (Fsp3) is 0.0606. The molecule has 0 unspecified atom stereocenters. The fourth-order valence-electron chi connectivity index (χ4n) is 5.88. The summed E-state index contributed by atoms with van der Waals surface area (Å²) in [6.45, 7) is 0. The van der Waals surface area contributed by atoms with E-state index in [4.69, 9.17) is 40.1 Å². The van der Waals surface area contributed by atoms with Gasteiger partial charge in [0.25, 0.3) is 0 Å². The summed E-state index contributed by atoms with van der Waals surface area (Å²) < 4.78 is 0. The van der Waals surface area contributed by atoms with Crippen molar-refractivity contribution in [1.29, 1.82) is 0 Å². The predicted molar refractivity (Wildman–Crippen MR) is 171 cm³/mol. The third-order valence-corrected chi connectivity index (χ3v) is 7.52. The van der Waals surface area contributed by atoms with Crippen LogP contribution in [0.4, 0.5) is 0 Å². The zero-order chi connectivity index (χ0) is 27.9. The maximum Gasteiger partial charge on any atom is 0.0969 e. The van der Waals surface area contributed by atoms with Crippen LogP contribution in [0.3, 0.4) is 0 Å². The van der Waals surface area contributed by atoms with E-state index in [1.54, 1.807) is 0 Å². The van der Waals surface area contributed by atoms with Gasteiger partial charge in [-0.1, -0.05) is 97.1 Å². The Kier molecular flexibility index (Phi) is 7.25. The smallest absolute Gasteiger partial charge is 0.0969 e. The summed E-state index contributed by atoms with van der Waals surface area (Å²) in [5.41, 5.74) is 4.30. The van der Waals surface area contributed by atoms with E-state index in [1.807, 2.05) is 0 Å². The van der Waals surface area contributed by atoms with Gasteiger partial charge in [-0.15, -0.1) is 12.8 Å². The number of nitrogens with zero attached hydrogens (tertiary/aromatic N) is 2. The average Bonchev–Trinajstić information content (AvgIpc) is 3.63. The largest absolute Gasteiger partial charge is 0.344 e. The van der Waals surface area contributed by atoms with Gasteiger partial charge < -0.3 is 16.4 Å². The molecule has 0 spiro atoms. The van der Waals surface area contributed by atoms with E-state index in [-0.39, 0.29) is 0 Å². The summed E-state index contributed by atoms with van der Waals surface area (Å²) in [6, 6.07) is 34.2. The second kappa shape index (κ2) is 11.2. The molecule has 0 amide bonds. The molecule has 202 valence electrons. The van der Waals surface area contributed by atoms with Gasteiger partial charge in [0.15, 0.2) is 0 Å². The monoisotopic (exact) mass is 632 g/mol. The first-order valence-corrected chi connectivity index (χ1v) is 18.5. The number of imidazole rings is 2. The Balaban J connectivity index is 0.000000651. The van der Waals surface area contributed by atoms with Crippen molar-refractivity contribution in [3.63, 3.8) is 0 Å². The molecule has 0 atom stereocenters. The number of aromatic amines is 2. The Morgan fingerprint density at radius 1 is 0.488 bits per heavy atom. The van der Waals surface area contributed by atoms with Gasteiger partial charge in [0, 0.05) is 21.5 Å². The van der Waals surface area contributed by atoms with E-state index in [0.717, 1.165) is 46.6 Å². The molecule has 0 bridgehead atoms. The molecule has 0 fully saturated rings. The normalized spacial score (nSPS) is 11.8. The van der Waals surface area contributed by atoms with Gasteiger partial charge in [0.2, 0.25) is 0 Å². The molecule has 0 aliphatic heterocycles. The first kappa shape index (κ1) is 26.6. The Morgan fingerprint density at radius 3 is 1.15 bits per heavy atom. The number of hydrogen-bond acceptors (Lipinski definition) is 2. The van der Waals surface area contributed by atoms with Gasteiger partial charge in [-0.05, 0) is 21.5 Å². The Hall–Kier alpha value is -3.30. The summed E-state index contributed by atoms with van der Waals surface area (Å²) in [5.74, 6) is 1.95. The topological polar surface area (TPSA) is 57.4 Å². The van der Waals surface area contributed by atoms with Crippen LogP contribution in [0.1, 0.15) is 11.6 Å². The van der Waals surface area contributed by atoms with Crippen molar-refractivity contribution >= 4 is 95.3 Å². The number of halogens is 3. The van der Waals surface area contributed by atoms with E-state index in [2.05, 4.69) is 113 Å². The van der Waals surface area contributed by atoms with Crippen LogP contribution in [0.2, 0.25) is 0 Å². The Labute approximate surface area is 253 Å². The minimum atomic E-state index is -1.62. The van der Waals surface area contributed by atoms with Gasteiger partial charge >= 0.3 is 41.5 Å². The SMILES string of the molecule is [Cl][Cr+]([Cl])[Cl].c1ccc2c(c1)c1ccccc1c1[nH]c(C[CH-]Cc3nc4c5ccccc5c5ccccc5c4[nH]3)nc21. The zero-order valence-corrected chi connectivity index (χ0v) is 25.2. The first-order chi connectivity index (χ1) is 20.1. The molecule has 8 rings (SSSR count). The molecule has 41 heavy (non-hydrogen) atoms. The van der Waals surface area contributed by atoms with Gasteiger partial charge in [0.1, 0.15) is 0 Å². The van der Waals surface area contributed by atoms with Gasteiger partial charge in [-0.3, -0.25) is 0 Å². The van der Waals surface area contributed by atoms with Crippen LogP contribution >= 0.6 is 30.1 Å². The third-order valence-electron chi connectivity index (χ3n) is 7.52. The van der Waals surface area contributed by atoms with Crippen LogP contribution in [0.5, 0.6) is 0 Å². The molecule has 0 saturated carbocycles. The standard InChI is InChI=1S/C33H23N4.3ClH.Cr/c1-5-14-24-20(10-1)21-11-2-6-15-25(21)31-30(24)34-28(35-31)18-9-19-29-36-32-26-16-7-3-12-22(26)23-13-4-8-17-27(23)33(32)37-29;;;;/h1-17H,18-19H2,(H,34,35)(H,36,37);3*1H;/q-1;;;;+4/p-3. The van der Waals surface area contributed by atoms with Crippen molar-refractivity contribution in [3.8, 4) is 0 Å². The summed E-state index contributed by atoms with van der Waals surface area (Å²) in [6.07, 6.45) is 3.75. The number of nitrogens with one attached hydrogen (secondary N) is 2. The van der Waals surface area contributed by atoms with Crippen molar-refractivity contribution < 1.29 is 11.4 Å². The fourth-order valence-corrected chi connectivity index (χ4v) is 5.88. The molecule has 0 saturated heterocycles. The number of fused-ring (bicyclic) bond motifs is 12. The van der Waals surface area contributed by atoms with Crippen LogP contribution in [0, 0.1) is 6.42 Å². The summed E-state index contributed by atoms with van der Waals surface area (Å²) in [7, 11) is 14.8. The molecule has 6 aromatic carbocycles. The van der Waals surface area contributed by atoms with E-state index >= 15 is 0 Å². The number of aromatic nitrogens is 4. The quantitative estimate of drug-likeness (QED) is 0.150. The summed E-state index contributed by atoms with van der Waals surface area (Å²) >= 11 is -1.62. The molecular weight excluding hydrogens is 611 g/mol. The average molecular weight is 634 g/mol. The Morgan fingerprint density at radius 2 is 0.780 bits per heavy atom. The van der Waals surface area contributed by atoms with E-state index < -0.39 is 11.4 Å². The van der Waals surface area contributed by atoms with Gasteiger partial charge in [-0.2, -0.15) is 0 Å². The molecule has 2 heterocycles. The number of benzene rings is 6. The molecule has 0 radical (unpaired) electrons. The Bertz CT molecular complexity index is 1900. The number of rotatable bonds is 4. The van der Waals surface area contributed by atoms with Crippen molar-refractivity contribution in [1.82, 2.24) is 19.9 Å². The molecular formula is C33H23Cl3CrN4. The molecule has 2 N–H and O–H groups in total. The van der Waals surface area contributed by atoms with E-state index in [9.17, 15) is 0 Å². The second-order valence-electron chi connectivity index (χ2n) is 9.87. The first-order valence-electron chi connectivity index (χ1n) is 13.2. The maximum absolute atomic E-state index is 5.03. The van der Waals surface area contributed by atoms with Crippen molar-refractivity contribution in [2.24, 2.45) is 0 Å². The van der Waals surface area contributed by atoms with Crippen LogP contribution in [-0.2, 0) is 24.2 Å². The molecule has 8 aromatic rings. The molecule has 8 heteroatoms. The maximum atomic E-state index is 5.03. The molecule has 4 nitrogen and oxygen atoms in total. The number of H-pyrrole nitrogens is 2.